The Kier molecular flexibility index (Phi) is 10.0. The average molecular weight is 737 g/mol. The van der Waals surface area contributed by atoms with Gasteiger partial charge in [0.05, 0.1) is 23.8 Å². The maximum atomic E-state index is 16.1. The highest BCUT2D eigenvalue weighted by Gasteiger charge is 2.53. The fraction of sp³-hybridized carbons (Fsp3) is 0.308. The highest BCUT2D eigenvalue weighted by atomic mass is 32.1. The Bertz CT molecular complexity index is 2180. The van der Waals surface area contributed by atoms with E-state index in [1.54, 1.807) is 32.0 Å². The number of methoxy groups -OCH3 is 2. The molecule has 5 aromatic rings. The Morgan fingerprint density at radius 2 is 1.69 bits per heavy atom. The second kappa shape index (κ2) is 14.2. The lowest BCUT2D eigenvalue weighted by Crippen LogP contribution is -2.54. The van der Waals surface area contributed by atoms with Crippen LogP contribution in [-0.2, 0) is 31.8 Å². The summed E-state index contributed by atoms with van der Waals surface area (Å²) in [5.74, 6) is -2.10. The molecular weight excluding hydrogens is 700 g/mol. The summed E-state index contributed by atoms with van der Waals surface area (Å²) in [5, 5.41) is 8.12. The number of carbonyl (C=O) groups excluding carboxylic acids is 3. The molecule has 1 aromatic heterocycles. The average Bonchev–Trinajstić information content (AvgIpc) is 3.49. The third-order valence-electron chi connectivity index (χ3n) is 9.83. The lowest BCUT2D eigenvalue weighted by molar-refractivity contribution is -0.169. The van der Waals surface area contributed by atoms with Crippen LogP contribution in [0.25, 0.3) is 20.9 Å². The van der Waals surface area contributed by atoms with Crippen molar-refractivity contribution in [3.05, 3.63) is 106 Å². The Morgan fingerprint density at radius 1 is 0.942 bits per heavy atom. The smallest absolute Gasteiger partial charge is 0.416 e. The number of hydrogen-bond donors (Lipinski definition) is 2. The third-order valence-corrected chi connectivity index (χ3v) is 11.0. The number of anilines is 2. The van der Waals surface area contributed by atoms with Gasteiger partial charge in [-0.1, -0.05) is 54.6 Å². The quantitative estimate of drug-likeness (QED) is 0.0883. The molecule has 4 aromatic carbocycles. The number of rotatable bonds is 9. The zero-order valence-electron chi connectivity index (χ0n) is 28.8. The van der Waals surface area contributed by atoms with Crippen LogP contribution in [0.15, 0.2) is 78.9 Å². The van der Waals surface area contributed by atoms with E-state index in [1.165, 1.54) is 13.2 Å². The highest BCUT2D eigenvalue weighted by molar-refractivity contribution is 7.21. The first-order chi connectivity index (χ1) is 24.7. The van der Waals surface area contributed by atoms with Crippen LogP contribution in [0.5, 0.6) is 0 Å². The Morgan fingerprint density at radius 3 is 2.40 bits per heavy atom. The lowest BCUT2D eigenvalue weighted by Gasteiger charge is -2.45. The number of aryl methyl sites for hydroxylation is 1. The molecule has 2 N–H and O–H groups in total. The molecule has 0 aliphatic heterocycles. The largest absolute Gasteiger partial charge is 0.465 e. The van der Waals surface area contributed by atoms with Crippen LogP contribution in [0, 0.1) is 12.3 Å². The van der Waals surface area contributed by atoms with Gasteiger partial charge in [-0.25, -0.2) is 9.18 Å². The van der Waals surface area contributed by atoms with Crippen molar-refractivity contribution in [1.82, 2.24) is 0 Å². The number of thiophene rings is 1. The SMILES string of the molecule is COC(=O)c1sc2cc(C(F)(F)F)ccc2c1NC(=O)c1cc(NC2(OC)CCC(C)(C(=O)OCc3cccc4ccccc34)C(F)C2)ccc1C. The van der Waals surface area contributed by atoms with Crippen LogP contribution in [-0.4, -0.2) is 44.0 Å². The first-order valence-corrected chi connectivity index (χ1v) is 17.2. The molecule has 0 spiro atoms. The molecule has 1 saturated carbocycles. The van der Waals surface area contributed by atoms with Gasteiger partial charge < -0.3 is 24.8 Å². The summed E-state index contributed by atoms with van der Waals surface area (Å²) in [4.78, 5) is 39.6. The highest BCUT2D eigenvalue weighted by Crippen LogP contribution is 2.46. The second-order valence-corrected chi connectivity index (χ2v) is 14.2. The monoisotopic (exact) mass is 736 g/mol. The molecule has 3 atom stereocenters. The Hall–Kier alpha value is -5.01. The van der Waals surface area contributed by atoms with E-state index in [1.807, 2.05) is 42.5 Å². The van der Waals surface area contributed by atoms with Crippen molar-refractivity contribution in [2.75, 3.05) is 24.9 Å². The first-order valence-electron chi connectivity index (χ1n) is 16.4. The zero-order chi connectivity index (χ0) is 37.4. The number of halogens is 4. The van der Waals surface area contributed by atoms with Gasteiger partial charge in [0, 0.05) is 34.9 Å². The summed E-state index contributed by atoms with van der Waals surface area (Å²) >= 11 is 0.775. The summed E-state index contributed by atoms with van der Waals surface area (Å²) in [6.45, 7) is 3.25. The topological polar surface area (TPSA) is 103 Å². The normalized spacial score (nSPS) is 20.4. The van der Waals surface area contributed by atoms with E-state index >= 15 is 4.39 Å². The van der Waals surface area contributed by atoms with Gasteiger partial charge >= 0.3 is 18.1 Å². The number of amides is 1. The molecule has 1 amide bonds. The number of benzene rings is 4. The molecule has 13 heteroatoms. The van der Waals surface area contributed by atoms with E-state index in [2.05, 4.69) is 10.6 Å². The van der Waals surface area contributed by atoms with Gasteiger partial charge in [-0.2, -0.15) is 13.2 Å². The molecule has 1 fully saturated rings. The first kappa shape index (κ1) is 36.8. The van der Waals surface area contributed by atoms with Crippen molar-refractivity contribution in [1.29, 1.82) is 0 Å². The van der Waals surface area contributed by atoms with Gasteiger partial charge in [-0.3, -0.25) is 9.59 Å². The molecule has 6 rings (SSSR count). The van der Waals surface area contributed by atoms with E-state index in [0.717, 1.165) is 46.9 Å². The molecule has 0 bridgehead atoms. The number of carbonyl (C=O) groups is 3. The number of alkyl halides is 4. The van der Waals surface area contributed by atoms with Gasteiger partial charge in [-0.05, 0) is 72.9 Å². The van der Waals surface area contributed by atoms with Crippen molar-refractivity contribution in [2.45, 2.75) is 57.8 Å². The minimum atomic E-state index is -4.60. The fourth-order valence-corrected chi connectivity index (χ4v) is 7.68. The molecule has 0 radical (unpaired) electrons. The molecule has 1 aliphatic carbocycles. The minimum Gasteiger partial charge on any atom is -0.465 e. The van der Waals surface area contributed by atoms with Crippen molar-refractivity contribution in [2.24, 2.45) is 5.41 Å². The maximum Gasteiger partial charge on any atom is 0.416 e. The van der Waals surface area contributed by atoms with E-state index < -0.39 is 46.9 Å². The van der Waals surface area contributed by atoms with Crippen LogP contribution < -0.4 is 10.6 Å². The Balaban J connectivity index is 1.18. The number of nitrogens with one attached hydrogen (secondary N) is 2. The number of fused-ring (bicyclic) bond motifs is 2. The summed E-state index contributed by atoms with van der Waals surface area (Å²) < 4.78 is 72.8. The van der Waals surface area contributed by atoms with E-state index in [4.69, 9.17) is 14.2 Å². The molecule has 0 saturated heterocycles. The van der Waals surface area contributed by atoms with E-state index in [9.17, 15) is 27.6 Å². The zero-order valence-corrected chi connectivity index (χ0v) is 29.6. The maximum absolute atomic E-state index is 16.1. The van der Waals surface area contributed by atoms with E-state index in [-0.39, 0.29) is 52.1 Å². The predicted molar refractivity (Wildman–Crippen MR) is 191 cm³/mol. The number of esters is 2. The van der Waals surface area contributed by atoms with Crippen LogP contribution in [0.3, 0.4) is 0 Å². The minimum absolute atomic E-state index is 0.00126. The molecule has 52 heavy (non-hydrogen) atoms. The summed E-state index contributed by atoms with van der Waals surface area (Å²) in [5.41, 5.74) is -1.54. The van der Waals surface area contributed by atoms with Crippen LogP contribution in [0.2, 0.25) is 0 Å². The summed E-state index contributed by atoms with van der Waals surface area (Å²) in [6.07, 6.45) is -6.08. The third kappa shape index (κ3) is 7.07. The van der Waals surface area contributed by atoms with E-state index in [0.29, 0.717) is 11.3 Å². The van der Waals surface area contributed by atoms with Gasteiger partial charge in [0.1, 0.15) is 23.4 Å². The molecule has 8 nitrogen and oxygen atoms in total. The van der Waals surface area contributed by atoms with Crippen LogP contribution in [0.1, 0.15) is 62.9 Å². The van der Waals surface area contributed by atoms with Crippen molar-refractivity contribution >= 4 is 61.4 Å². The molecule has 3 unspecified atom stereocenters. The Labute approximate surface area is 301 Å². The van der Waals surface area contributed by atoms with Crippen molar-refractivity contribution in [3.63, 3.8) is 0 Å². The number of ether oxygens (including phenoxy) is 3. The van der Waals surface area contributed by atoms with Crippen molar-refractivity contribution < 1.29 is 46.2 Å². The molecule has 1 aliphatic rings. The number of hydrogen-bond acceptors (Lipinski definition) is 8. The fourth-order valence-electron chi connectivity index (χ4n) is 6.56. The second-order valence-electron chi connectivity index (χ2n) is 13.1. The van der Waals surface area contributed by atoms with Gasteiger partial charge in [-0.15, -0.1) is 11.3 Å². The van der Waals surface area contributed by atoms with Crippen LogP contribution in [0.4, 0.5) is 28.9 Å². The van der Waals surface area contributed by atoms with Crippen LogP contribution >= 0.6 is 11.3 Å². The standard InChI is InChI=1S/C39H36F4N2O6S/c1-22-12-14-26(19-29(22)34(46)44-32-28-15-13-25(39(41,42)43)18-30(28)52-33(32)35(47)49-3)45-38(50-4)17-16-37(2,31(40)20-38)36(48)51-21-24-10-7-9-23-8-5-6-11-27(23)24/h5-15,18-19,31,45H,16-17,20-21H2,1-4H3,(H,44,46). The molecule has 272 valence electrons. The summed E-state index contributed by atoms with van der Waals surface area (Å²) in [6, 6.07) is 21.4. The molecule has 1 heterocycles. The predicted octanol–water partition coefficient (Wildman–Crippen LogP) is 9.45. The molecular formula is C39H36F4N2O6S. The van der Waals surface area contributed by atoms with Gasteiger partial charge in [0.15, 0.2) is 0 Å². The van der Waals surface area contributed by atoms with Gasteiger partial charge in [0.2, 0.25) is 0 Å². The summed E-state index contributed by atoms with van der Waals surface area (Å²) in [7, 11) is 2.57. The van der Waals surface area contributed by atoms with Gasteiger partial charge in [0.25, 0.3) is 5.91 Å². The lowest BCUT2D eigenvalue weighted by atomic mass is 9.70. The van der Waals surface area contributed by atoms with Crippen molar-refractivity contribution in [3.8, 4) is 0 Å².